The van der Waals surface area contributed by atoms with Crippen molar-refractivity contribution in [3.8, 4) is 0 Å². The third kappa shape index (κ3) is 3.89. The van der Waals surface area contributed by atoms with E-state index in [2.05, 4.69) is 57.4 Å². The van der Waals surface area contributed by atoms with Crippen LogP contribution in [0.1, 0.15) is 55.9 Å². The molecule has 0 aromatic heterocycles. The largest absolute Gasteiger partial charge is 0.299 e. The maximum absolute atomic E-state index is 4.19. The minimum atomic E-state index is 1.10. The maximum atomic E-state index is 4.19. The lowest BCUT2D eigenvalue weighted by Crippen LogP contribution is -2.29. The summed E-state index contributed by atoms with van der Waals surface area (Å²) in [6.07, 6.45) is 6.93. The first-order valence-electron chi connectivity index (χ1n) is 8.70. The quantitative estimate of drug-likeness (QED) is 0.627. The van der Waals surface area contributed by atoms with Gasteiger partial charge in [-0.05, 0) is 80.8 Å². The lowest BCUT2D eigenvalue weighted by Gasteiger charge is -2.23. The van der Waals surface area contributed by atoms with Crippen LogP contribution in [0.5, 0.6) is 0 Å². The van der Waals surface area contributed by atoms with Crippen molar-refractivity contribution in [1.29, 1.82) is 0 Å². The predicted molar refractivity (Wildman–Crippen MR) is 98.4 cm³/mol. The van der Waals surface area contributed by atoms with Gasteiger partial charge in [-0.15, -0.1) is 0 Å². The molecule has 1 nitrogen and oxygen atoms in total. The Morgan fingerprint density at radius 1 is 1.27 bits per heavy atom. The van der Waals surface area contributed by atoms with Gasteiger partial charge in [0.05, 0.1) is 0 Å². The number of hydrogen-bond acceptors (Lipinski definition) is 1. The van der Waals surface area contributed by atoms with E-state index in [1.807, 2.05) is 0 Å². The topological polar surface area (TPSA) is 3.24 Å². The van der Waals surface area contributed by atoms with Crippen LogP contribution in [0, 0.1) is 6.92 Å². The number of hydrogen-bond donors (Lipinski definition) is 0. The van der Waals surface area contributed by atoms with E-state index in [0.29, 0.717) is 0 Å². The van der Waals surface area contributed by atoms with Gasteiger partial charge in [0, 0.05) is 13.1 Å². The van der Waals surface area contributed by atoms with Gasteiger partial charge in [-0.2, -0.15) is 0 Å². The predicted octanol–water partition coefficient (Wildman–Crippen LogP) is 5.18. The Hall–Kier alpha value is -1.34. The molecule has 1 aromatic carbocycles. The minimum absolute atomic E-state index is 1.10. The number of nitrogens with zero attached hydrogens (tertiary/aromatic N) is 1. The molecule has 22 heavy (non-hydrogen) atoms. The van der Waals surface area contributed by atoms with Crippen molar-refractivity contribution in [3.63, 3.8) is 0 Å². The summed E-state index contributed by atoms with van der Waals surface area (Å²) >= 11 is 0. The van der Waals surface area contributed by atoms with Crippen molar-refractivity contribution in [2.24, 2.45) is 0 Å². The Labute approximate surface area is 136 Å². The number of fused-ring (bicyclic) bond motifs is 1. The van der Waals surface area contributed by atoms with Crippen molar-refractivity contribution in [2.45, 2.75) is 53.4 Å². The summed E-state index contributed by atoms with van der Waals surface area (Å²) in [5, 5.41) is 0. The molecule has 0 radical (unpaired) electrons. The fraction of sp³-hybridized carbons (Fsp3) is 0.524. The molecule has 0 atom stereocenters. The molecule has 1 aliphatic rings. The van der Waals surface area contributed by atoms with Gasteiger partial charge in [0.1, 0.15) is 0 Å². The Kier molecular flexibility index (Phi) is 6.02. The summed E-state index contributed by atoms with van der Waals surface area (Å²) < 4.78 is 0. The van der Waals surface area contributed by atoms with Gasteiger partial charge in [-0.1, -0.05) is 37.3 Å². The Morgan fingerprint density at radius 3 is 2.73 bits per heavy atom. The molecular weight excluding hydrogens is 266 g/mol. The van der Waals surface area contributed by atoms with Crippen LogP contribution in [-0.2, 0) is 12.8 Å². The fourth-order valence-electron chi connectivity index (χ4n) is 3.45. The molecule has 2 rings (SSSR count). The molecule has 120 valence electrons. The van der Waals surface area contributed by atoms with Crippen LogP contribution in [0.4, 0.5) is 0 Å². The number of allylic oxidation sites excluding steroid dienone is 2. The number of benzene rings is 1. The van der Waals surface area contributed by atoms with Crippen molar-refractivity contribution < 1.29 is 0 Å². The molecule has 0 saturated carbocycles. The van der Waals surface area contributed by atoms with Gasteiger partial charge in [0.2, 0.25) is 0 Å². The highest BCUT2D eigenvalue weighted by Crippen LogP contribution is 2.34. The second-order valence-electron chi connectivity index (χ2n) is 6.64. The van der Waals surface area contributed by atoms with Gasteiger partial charge < -0.3 is 0 Å². The summed E-state index contributed by atoms with van der Waals surface area (Å²) in [4.78, 5) is 2.58. The number of rotatable bonds is 7. The molecule has 1 aliphatic carbocycles. The van der Waals surface area contributed by atoms with E-state index in [9.17, 15) is 0 Å². The van der Waals surface area contributed by atoms with Gasteiger partial charge in [0.15, 0.2) is 0 Å². The molecule has 0 N–H and O–H groups in total. The second-order valence-corrected chi connectivity index (χ2v) is 6.64. The van der Waals surface area contributed by atoms with E-state index in [1.165, 1.54) is 47.2 Å². The van der Waals surface area contributed by atoms with E-state index in [1.54, 1.807) is 5.56 Å². The smallest absolute Gasteiger partial charge is 0.0190 e. The van der Waals surface area contributed by atoms with Gasteiger partial charge >= 0.3 is 0 Å². The lowest BCUT2D eigenvalue weighted by atomic mass is 9.96. The average molecular weight is 297 g/mol. The summed E-state index contributed by atoms with van der Waals surface area (Å²) in [5.41, 5.74) is 8.78. The third-order valence-corrected chi connectivity index (χ3v) is 4.97. The van der Waals surface area contributed by atoms with Crippen LogP contribution in [-0.4, -0.2) is 24.5 Å². The fourth-order valence-corrected chi connectivity index (χ4v) is 3.45. The summed E-state index contributed by atoms with van der Waals surface area (Å²) in [5.74, 6) is 0. The Balaban J connectivity index is 2.05. The minimum Gasteiger partial charge on any atom is -0.299 e. The van der Waals surface area contributed by atoms with Crippen molar-refractivity contribution in [1.82, 2.24) is 4.90 Å². The molecule has 0 bridgehead atoms. The Bertz CT molecular complexity index is 566. The molecule has 0 amide bonds. The summed E-state index contributed by atoms with van der Waals surface area (Å²) in [7, 11) is 0. The van der Waals surface area contributed by atoms with E-state index < -0.39 is 0 Å². The van der Waals surface area contributed by atoms with Crippen LogP contribution in [0.15, 0.2) is 30.4 Å². The molecule has 0 aliphatic heterocycles. The molecular formula is C21H31N. The first-order valence-corrected chi connectivity index (χ1v) is 8.70. The van der Waals surface area contributed by atoms with E-state index in [0.717, 1.165) is 25.9 Å². The first-order chi connectivity index (χ1) is 10.6. The average Bonchev–Trinajstić information content (AvgIpc) is 2.88. The first kappa shape index (κ1) is 17.0. The standard InChI is InChI=1S/C21H31N/c1-6-13-22(15-16(3)7-2)14-12-19-9-11-20-17(4)8-10-21(20)18(19)5/h7,9,11H,4,6,8,10,12-15H2,1-3,5H3/b16-7+. The monoisotopic (exact) mass is 297 g/mol. The van der Waals surface area contributed by atoms with Crippen LogP contribution < -0.4 is 0 Å². The van der Waals surface area contributed by atoms with Crippen LogP contribution in [0.3, 0.4) is 0 Å². The van der Waals surface area contributed by atoms with Gasteiger partial charge in [-0.3, -0.25) is 4.90 Å². The molecule has 0 fully saturated rings. The van der Waals surface area contributed by atoms with E-state index in [4.69, 9.17) is 0 Å². The van der Waals surface area contributed by atoms with Crippen LogP contribution in [0.25, 0.3) is 5.57 Å². The molecule has 0 unspecified atom stereocenters. The SMILES string of the molecule is C=C1CCc2c1ccc(CCN(CCC)C/C(C)=C/C)c2C. The van der Waals surface area contributed by atoms with Crippen LogP contribution in [0.2, 0.25) is 0 Å². The van der Waals surface area contributed by atoms with Crippen molar-refractivity contribution in [3.05, 3.63) is 52.6 Å². The molecule has 0 spiro atoms. The van der Waals surface area contributed by atoms with E-state index >= 15 is 0 Å². The molecule has 1 heteroatoms. The zero-order valence-electron chi connectivity index (χ0n) is 14.8. The molecule has 0 saturated heterocycles. The summed E-state index contributed by atoms with van der Waals surface area (Å²) in [6.45, 7) is 16.6. The highest BCUT2D eigenvalue weighted by atomic mass is 15.1. The Morgan fingerprint density at radius 2 is 2.05 bits per heavy atom. The third-order valence-electron chi connectivity index (χ3n) is 4.97. The summed E-state index contributed by atoms with van der Waals surface area (Å²) in [6, 6.07) is 4.63. The second kappa shape index (κ2) is 7.78. The molecule has 1 aromatic rings. The highest BCUT2D eigenvalue weighted by Gasteiger charge is 2.18. The van der Waals surface area contributed by atoms with Crippen molar-refractivity contribution >= 4 is 5.57 Å². The molecule has 0 heterocycles. The highest BCUT2D eigenvalue weighted by molar-refractivity contribution is 5.72. The zero-order chi connectivity index (χ0) is 16.1. The zero-order valence-corrected chi connectivity index (χ0v) is 14.8. The van der Waals surface area contributed by atoms with E-state index in [-0.39, 0.29) is 0 Å². The maximum Gasteiger partial charge on any atom is 0.0190 e. The van der Waals surface area contributed by atoms with Crippen molar-refractivity contribution in [2.75, 3.05) is 19.6 Å². The van der Waals surface area contributed by atoms with Gasteiger partial charge in [-0.25, -0.2) is 0 Å². The van der Waals surface area contributed by atoms with Gasteiger partial charge in [0.25, 0.3) is 0 Å². The normalized spacial score (nSPS) is 14.8. The lowest BCUT2D eigenvalue weighted by molar-refractivity contribution is 0.300. The van der Waals surface area contributed by atoms with Crippen LogP contribution >= 0.6 is 0 Å².